The highest BCUT2D eigenvalue weighted by Gasteiger charge is 1.98. The Morgan fingerprint density at radius 2 is 1.16 bits per heavy atom. The van der Waals surface area contributed by atoms with E-state index in [1.807, 2.05) is 18.2 Å². The summed E-state index contributed by atoms with van der Waals surface area (Å²) >= 11 is 0. The minimum absolute atomic E-state index is 0.370. The molecule has 3 N–H and O–H groups in total. The number of amides is 1. The Hall–Kier alpha value is -1.77. The van der Waals surface area contributed by atoms with Crippen molar-refractivity contribution in [3.8, 4) is 0 Å². The molecule has 0 fully saturated rings. The van der Waals surface area contributed by atoms with Crippen molar-refractivity contribution in [3.63, 3.8) is 0 Å². The van der Waals surface area contributed by atoms with Crippen LogP contribution in [0, 0.1) is 0 Å². The molecule has 0 bridgehead atoms. The number of benzene rings is 1. The lowest BCUT2D eigenvalue weighted by Gasteiger charge is -2.07. The molecule has 176 valence electrons. The summed E-state index contributed by atoms with van der Waals surface area (Å²) in [5.74, 6) is -0.370. The third-order valence-corrected chi connectivity index (χ3v) is 6.04. The molecule has 1 rings (SSSR count). The first-order valence-corrected chi connectivity index (χ1v) is 13.0. The van der Waals surface area contributed by atoms with Gasteiger partial charge in [-0.2, -0.15) is 0 Å². The van der Waals surface area contributed by atoms with Crippen LogP contribution in [0.3, 0.4) is 0 Å². The smallest absolute Gasteiger partial charge is 0.244 e. The summed E-state index contributed by atoms with van der Waals surface area (Å²) < 4.78 is 0. The van der Waals surface area contributed by atoms with Gasteiger partial charge in [0.05, 0.1) is 0 Å². The second kappa shape index (κ2) is 19.0. The topological polar surface area (TPSA) is 55.1 Å². The summed E-state index contributed by atoms with van der Waals surface area (Å²) in [6.45, 7) is 5.05. The second-order valence-corrected chi connectivity index (χ2v) is 9.04. The molecule has 1 aromatic carbocycles. The lowest BCUT2D eigenvalue weighted by atomic mass is 10.0. The minimum Gasteiger partial charge on any atom is -0.385 e. The zero-order chi connectivity index (χ0) is 22.6. The number of anilines is 1. The Bertz CT molecular complexity index is 592. The lowest BCUT2D eigenvalue weighted by molar-refractivity contribution is -0.114. The number of nitrogens with one attached hydrogen (secondary N) is 1. The summed E-state index contributed by atoms with van der Waals surface area (Å²) in [4.78, 5) is 11.1. The fraction of sp³-hybridized carbons (Fsp3) is 0.679. The van der Waals surface area contributed by atoms with E-state index in [9.17, 15) is 4.79 Å². The minimum atomic E-state index is -0.370. The van der Waals surface area contributed by atoms with Crippen LogP contribution in [0.15, 0.2) is 29.8 Å². The van der Waals surface area contributed by atoms with Gasteiger partial charge >= 0.3 is 0 Å². The molecule has 31 heavy (non-hydrogen) atoms. The van der Waals surface area contributed by atoms with Gasteiger partial charge in [-0.3, -0.25) is 4.79 Å². The molecule has 1 amide bonds. The van der Waals surface area contributed by atoms with Crippen molar-refractivity contribution in [2.45, 2.75) is 117 Å². The zero-order valence-electron chi connectivity index (χ0n) is 20.4. The molecule has 0 aliphatic carbocycles. The van der Waals surface area contributed by atoms with E-state index in [4.69, 9.17) is 5.73 Å². The van der Waals surface area contributed by atoms with Crippen LogP contribution in [-0.2, 0) is 4.79 Å². The first-order valence-electron chi connectivity index (χ1n) is 13.0. The summed E-state index contributed by atoms with van der Waals surface area (Å²) in [5.41, 5.74) is 7.99. The lowest BCUT2D eigenvalue weighted by Crippen LogP contribution is -2.11. The van der Waals surface area contributed by atoms with E-state index in [1.54, 1.807) is 6.92 Å². The maximum Gasteiger partial charge on any atom is 0.244 e. The van der Waals surface area contributed by atoms with E-state index in [2.05, 4.69) is 24.4 Å². The fourth-order valence-corrected chi connectivity index (χ4v) is 3.92. The average molecular weight is 429 g/mol. The van der Waals surface area contributed by atoms with Crippen LogP contribution < -0.4 is 11.1 Å². The highest BCUT2D eigenvalue weighted by Crippen LogP contribution is 2.15. The number of rotatable bonds is 20. The standard InChI is InChI=1S/C28H48N2O/c1-3-4-5-6-7-8-9-10-11-12-13-14-15-16-17-18-23-30-27-21-19-26(20-22-27)24-25(2)28(29)31/h19-22,24,30H,3-18,23H2,1-2H3,(H2,29,31). The van der Waals surface area contributed by atoms with Gasteiger partial charge in [-0.15, -0.1) is 0 Å². The van der Waals surface area contributed by atoms with E-state index < -0.39 is 0 Å². The predicted octanol–water partition coefficient (Wildman–Crippen LogP) is 8.25. The largest absolute Gasteiger partial charge is 0.385 e. The van der Waals surface area contributed by atoms with Gasteiger partial charge < -0.3 is 11.1 Å². The van der Waals surface area contributed by atoms with Crippen LogP contribution in [0.25, 0.3) is 6.08 Å². The van der Waals surface area contributed by atoms with Crippen molar-refractivity contribution >= 4 is 17.7 Å². The molecule has 0 aliphatic heterocycles. The van der Waals surface area contributed by atoms with Crippen molar-refractivity contribution in [2.75, 3.05) is 11.9 Å². The van der Waals surface area contributed by atoms with Crippen molar-refractivity contribution in [2.24, 2.45) is 5.73 Å². The zero-order valence-corrected chi connectivity index (χ0v) is 20.4. The van der Waals surface area contributed by atoms with Gasteiger partial charge in [-0.05, 0) is 37.1 Å². The number of nitrogens with two attached hydrogens (primary N) is 1. The molecule has 0 saturated carbocycles. The maximum atomic E-state index is 11.1. The van der Waals surface area contributed by atoms with Crippen molar-refractivity contribution in [1.82, 2.24) is 0 Å². The van der Waals surface area contributed by atoms with Crippen molar-refractivity contribution < 1.29 is 4.79 Å². The van der Waals surface area contributed by atoms with E-state index in [-0.39, 0.29) is 5.91 Å². The SMILES string of the molecule is CCCCCCCCCCCCCCCCCCNc1ccc(C=C(C)C(N)=O)cc1. The van der Waals surface area contributed by atoms with Gasteiger partial charge in [0.2, 0.25) is 5.91 Å². The maximum absolute atomic E-state index is 11.1. The highest BCUT2D eigenvalue weighted by molar-refractivity contribution is 5.95. The molecule has 0 radical (unpaired) electrons. The second-order valence-electron chi connectivity index (χ2n) is 9.04. The van der Waals surface area contributed by atoms with Crippen LogP contribution in [0.4, 0.5) is 5.69 Å². The van der Waals surface area contributed by atoms with Crippen LogP contribution in [-0.4, -0.2) is 12.5 Å². The average Bonchev–Trinajstić information content (AvgIpc) is 2.77. The molecular formula is C28H48N2O. The third-order valence-electron chi connectivity index (χ3n) is 6.04. The molecule has 3 nitrogen and oxygen atoms in total. The number of carbonyl (C=O) groups is 1. The van der Waals surface area contributed by atoms with E-state index >= 15 is 0 Å². The number of unbranched alkanes of at least 4 members (excludes halogenated alkanes) is 15. The first-order chi connectivity index (χ1) is 15.1. The van der Waals surface area contributed by atoms with E-state index in [0.29, 0.717) is 5.57 Å². The Morgan fingerprint density at radius 1 is 0.742 bits per heavy atom. The first kappa shape index (κ1) is 27.3. The van der Waals surface area contributed by atoms with Crippen molar-refractivity contribution in [1.29, 1.82) is 0 Å². The molecule has 0 spiro atoms. The van der Waals surface area contributed by atoms with Gasteiger partial charge in [0, 0.05) is 17.8 Å². The molecule has 0 saturated heterocycles. The van der Waals surface area contributed by atoms with Gasteiger partial charge in [-0.25, -0.2) is 0 Å². The van der Waals surface area contributed by atoms with Gasteiger partial charge in [0.1, 0.15) is 0 Å². The van der Waals surface area contributed by atoms with Gasteiger partial charge in [-0.1, -0.05) is 115 Å². The Kier molecular flexibility index (Phi) is 16.7. The van der Waals surface area contributed by atoms with Gasteiger partial charge in [0.15, 0.2) is 0 Å². The summed E-state index contributed by atoms with van der Waals surface area (Å²) in [6.07, 6.45) is 24.3. The van der Waals surface area contributed by atoms with Crippen LogP contribution in [0.5, 0.6) is 0 Å². The summed E-state index contributed by atoms with van der Waals surface area (Å²) in [5, 5.41) is 3.49. The molecular weight excluding hydrogens is 380 g/mol. The van der Waals surface area contributed by atoms with Crippen LogP contribution in [0.1, 0.15) is 122 Å². The van der Waals surface area contributed by atoms with Gasteiger partial charge in [0.25, 0.3) is 0 Å². The third kappa shape index (κ3) is 15.6. The molecule has 0 aromatic heterocycles. The Balaban J connectivity index is 1.88. The number of primary amides is 1. The number of hydrogen-bond donors (Lipinski definition) is 2. The molecule has 0 atom stereocenters. The van der Waals surface area contributed by atoms with E-state index in [0.717, 1.165) is 17.8 Å². The predicted molar refractivity (Wildman–Crippen MR) is 137 cm³/mol. The summed E-state index contributed by atoms with van der Waals surface area (Å²) in [6, 6.07) is 8.16. The molecule has 0 unspecified atom stereocenters. The number of carbonyl (C=O) groups excluding carboxylic acids is 1. The Labute approximate surface area is 192 Å². The summed E-state index contributed by atoms with van der Waals surface area (Å²) in [7, 11) is 0. The molecule has 0 heterocycles. The highest BCUT2D eigenvalue weighted by atomic mass is 16.1. The van der Waals surface area contributed by atoms with E-state index in [1.165, 1.54) is 103 Å². The Morgan fingerprint density at radius 3 is 1.58 bits per heavy atom. The number of hydrogen-bond acceptors (Lipinski definition) is 2. The van der Waals surface area contributed by atoms with Crippen LogP contribution >= 0.6 is 0 Å². The molecule has 1 aromatic rings. The molecule has 0 aliphatic rings. The fourth-order valence-electron chi connectivity index (χ4n) is 3.92. The normalized spacial score (nSPS) is 11.6. The monoisotopic (exact) mass is 428 g/mol. The molecule has 3 heteroatoms. The quantitative estimate of drug-likeness (QED) is 0.162. The van der Waals surface area contributed by atoms with Crippen LogP contribution in [0.2, 0.25) is 0 Å². The van der Waals surface area contributed by atoms with Crippen molar-refractivity contribution in [3.05, 3.63) is 35.4 Å².